The summed E-state index contributed by atoms with van der Waals surface area (Å²) in [6.45, 7) is 2.91. The van der Waals surface area contributed by atoms with Crippen LogP contribution in [0.5, 0.6) is 5.75 Å². The summed E-state index contributed by atoms with van der Waals surface area (Å²) in [7, 11) is 1.34. The molecular formula is C12H16N2O4. The van der Waals surface area contributed by atoms with E-state index < -0.39 is 5.91 Å². The fraction of sp³-hybridized carbons (Fsp3) is 0.417. The van der Waals surface area contributed by atoms with Gasteiger partial charge in [-0.2, -0.15) is 0 Å². The second-order valence-electron chi connectivity index (χ2n) is 3.94. The summed E-state index contributed by atoms with van der Waals surface area (Å²) in [6, 6.07) is 4.96. The van der Waals surface area contributed by atoms with E-state index in [0.29, 0.717) is 13.2 Å². The minimum Gasteiger partial charge on any atom is -0.507 e. The molecule has 0 spiro atoms. The number of carbonyl (C=O) groups is 1. The number of carbonyl (C=O) groups excluding carboxylic acids is 1. The number of morpholine rings is 1. The fourth-order valence-corrected chi connectivity index (χ4v) is 1.88. The zero-order valence-corrected chi connectivity index (χ0v) is 10.2. The van der Waals surface area contributed by atoms with Crippen LogP contribution >= 0.6 is 0 Å². The van der Waals surface area contributed by atoms with Crippen LogP contribution in [0.1, 0.15) is 10.4 Å². The van der Waals surface area contributed by atoms with Crippen LogP contribution < -0.4 is 10.4 Å². The zero-order chi connectivity index (χ0) is 13.0. The van der Waals surface area contributed by atoms with Crippen molar-refractivity contribution in [3.63, 3.8) is 0 Å². The minimum absolute atomic E-state index is 0.0615. The lowest BCUT2D eigenvalue weighted by Gasteiger charge is -2.29. The van der Waals surface area contributed by atoms with Gasteiger partial charge in [0.05, 0.1) is 25.9 Å². The number of benzene rings is 1. The average Bonchev–Trinajstić information content (AvgIpc) is 2.40. The van der Waals surface area contributed by atoms with E-state index in [1.54, 1.807) is 18.2 Å². The highest BCUT2D eigenvalue weighted by Crippen LogP contribution is 2.25. The molecule has 1 aliphatic heterocycles. The van der Waals surface area contributed by atoms with Crippen LogP contribution in [0.4, 0.5) is 5.69 Å². The quantitative estimate of drug-likeness (QED) is 0.767. The molecule has 1 amide bonds. The van der Waals surface area contributed by atoms with Gasteiger partial charge in [0.15, 0.2) is 0 Å². The molecule has 1 aromatic rings. The molecule has 1 heterocycles. The van der Waals surface area contributed by atoms with Gasteiger partial charge in [-0.15, -0.1) is 0 Å². The number of anilines is 1. The maximum absolute atomic E-state index is 11.5. The lowest BCUT2D eigenvalue weighted by atomic mass is 10.1. The largest absolute Gasteiger partial charge is 0.507 e. The molecule has 1 aliphatic rings. The summed E-state index contributed by atoms with van der Waals surface area (Å²) >= 11 is 0. The van der Waals surface area contributed by atoms with Crippen molar-refractivity contribution in [1.82, 2.24) is 5.48 Å². The highest BCUT2D eigenvalue weighted by atomic mass is 16.6. The van der Waals surface area contributed by atoms with E-state index in [1.807, 2.05) is 0 Å². The van der Waals surface area contributed by atoms with E-state index in [-0.39, 0.29) is 11.3 Å². The molecule has 2 rings (SSSR count). The van der Waals surface area contributed by atoms with Crippen molar-refractivity contribution in [2.24, 2.45) is 0 Å². The Morgan fingerprint density at radius 2 is 2.17 bits per heavy atom. The number of phenolic OH excluding ortho intramolecular Hbond substituents is 1. The Morgan fingerprint density at radius 3 is 2.78 bits per heavy atom. The van der Waals surface area contributed by atoms with Crippen molar-refractivity contribution in [2.75, 3.05) is 38.3 Å². The molecule has 6 nitrogen and oxygen atoms in total. The first-order chi connectivity index (χ1) is 8.72. The number of nitrogens with zero attached hydrogens (tertiary/aromatic N) is 1. The van der Waals surface area contributed by atoms with Gasteiger partial charge in [-0.1, -0.05) is 0 Å². The standard InChI is InChI=1S/C12H16N2O4/c1-17-13-12(16)10-3-2-9(8-11(10)15)14-4-6-18-7-5-14/h2-3,8,15H,4-7H2,1H3,(H,13,16). The number of rotatable bonds is 3. The fourth-order valence-electron chi connectivity index (χ4n) is 1.88. The van der Waals surface area contributed by atoms with E-state index >= 15 is 0 Å². The Morgan fingerprint density at radius 1 is 1.44 bits per heavy atom. The highest BCUT2D eigenvalue weighted by molar-refractivity contribution is 5.96. The maximum atomic E-state index is 11.5. The first-order valence-electron chi connectivity index (χ1n) is 5.71. The normalized spacial score (nSPS) is 15.5. The lowest BCUT2D eigenvalue weighted by Crippen LogP contribution is -2.36. The Bertz CT molecular complexity index is 430. The van der Waals surface area contributed by atoms with Crippen LogP contribution in [0.15, 0.2) is 18.2 Å². The molecule has 6 heteroatoms. The van der Waals surface area contributed by atoms with Crippen LogP contribution in [0.2, 0.25) is 0 Å². The predicted octanol–water partition coefficient (Wildman–Crippen LogP) is 0.520. The molecule has 0 aliphatic carbocycles. The van der Waals surface area contributed by atoms with E-state index in [4.69, 9.17) is 4.74 Å². The van der Waals surface area contributed by atoms with E-state index in [0.717, 1.165) is 18.8 Å². The SMILES string of the molecule is CONC(=O)c1ccc(N2CCOCC2)cc1O. The maximum Gasteiger partial charge on any atom is 0.278 e. The lowest BCUT2D eigenvalue weighted by molar-refractivity contribution is 0.0535. The van der Waals surface area contributed by atoms with Gasteiger partial charge in [0.2, 0.25) is 0 Å². The van der Waals surface area contributed by atoms with Gasteiger partial charge in [0, 0.05) is 24.8 Å². The highest BCUT2D eigenvalue weighted by Gasteiger charge is 2.15. The van der Waals surface area contributed by atoms with Crippen LogP contribution in [-0.4, -0.2) is 44.4 Å². The number of hydroxylamine groups is 1. The van der Waals surface area contributed by atoms with Crippen molar-refractivity contribution in [3.8, 4) is 5.75 Å². The van der Waals surface area contributed by atoms with Gasteiger partial charge in [-0.25, -0.2) is 5.48 Å². The third-order valence-electron chi connectivity index (χ3n) is 2.80. The van der Waals surface area contributed by atoms with Crippen LogP contribution in [-0.2, 0) is 9.57 Å². The van der Waals surface area contributed by atoms with Gasteiger partial charge < -0.3 is 14.7 Å². The second kappa shape index (κ2) is 5.70. The summed E-state index contributed by atoms with van der Waals surface area (Å²) in [4.78, 5) is 18.1. The summed E-state index contributed by atoms with van der Waals surface area (Å²) in [5.41, 5.74) is 3.24. The van der Waals surface area contributed by atoms with Crippen LogP contribution in [0.3, 0.4) is 0 Å². The first kappa shape index (κ1) is 12.7. The van der Waals surface area contributed by atoms with Gasteiger partial charge in [-0.3, -0.25) is 9.63 Å². The van der Waals surface area contributed by atoms with Gasteiger partial charge in [0.25, 0.3) is 5.91 Å². The molecule has 2 N–H and O–H groups in total. The number of amides is 1. The molecule has 1 saturated heterocycles. The van der Waals surface area contributed by atoms with E-state index in [2.05, 4.69) is 15.2 Å². The zero-order valence-electron chi connectivity index (χ0n) is 10.2. The topological polar surface area (TPSA) is 71.0 Å². The van der Waals surface area contributed by atoms with Gasteiger partial charge >= 0.3 is 0 Å². The molecule has 0 aromatic heterocycles. The molecule has 0 bridgehead atoms. The minimum atomic E-state index is -0.469. The van der Waals surface area contributed by atoms with Crippen LogP contribution in [0.25, 0.3) is 0 Å². The number of aromatic hydroxyl groups is 1. The smallest absolute Gasteiger partial charge is 0.278 e. The van der Waals surface area contributed by atoms with Crippen molar-refractivity contribution in [3.05, 3.63) is 23.8 Å². The van der Waals surface area contributed by atoms with Crippen molar-refractivity contribution >= 4 is 11.6 Å². The number of hydrogen-bond acceptors (Lipinski definition) is 5. The molecule has 1 aromatic carbocycles. The molecule has 0 saturated carbocycles. The Hall–Kier alpha value is -1.79. The third-order valence-corrected chi connectivity index (χ3v) is 2.80. The molecule has 0 radical (unpaired) electrons. The number of nitrogens with one attached hydrogen (secondary N) is 1. The molecule has 1 fully saturated rings. The Kier molecular flexibility index (Phi) is 4.01. The third kappa shape index (κ3) is 2.72. The predicted molar refractivity (Wildman–Crippen MR) is 65.6 cm³/mol. The van der Waals surface area contributed by atoms with Gasteiger partial charge in [0.1, 0.15) is 5.75 Å². The van der Waals surface area contributed by atoms with Crippen molar-refractivity contribution in [2.45, 2.75) is 0 Å². The van der Waals surface area contributed by atoms with Gasteiger partial charge in [-0.05, 0) is 12.1 Å². The summed E-state index contributed by atoms with van der Waals surface area (Å²) in [5.74, 6) is -0.530. The van der Waals surface area contributed by atoms with E-state index in [9.17, 15) is 9.90 Å². The Labute approximate surface area is 105 Å². The molecule has 18 heavy (non-hydrogen) atoms. The van der Waals surface area contributed by atoms with Crippen molar-refractivity contribution < 1.29 is 19.5 Å². The molecule has 0 unspecified atom stereocenters. The number of phenols is 1. The molecule has 0 atom stereocenters. The number of ether oxygens (including phenoxy) is 1. The average molecular weight is 252 g/mol. The van der Waals surface area contributed by atoms with E-state index in [1.165, 1.54) is 7.11 Å². The second-order valence-corrected chi connectivity index (χ2v) is 3.94. The summed E-state index contributed by atoms with van der Waals surface area (Å²) in [5, 5.41) is 9.84. The first-order valence-corrected chi connectivity index (χ1v) is 5.71. The monoisotopic (exact) mass is 252 g/mol. The molecule has 98 valence electrons. The summed E-state index contributed by atoms with van der Waals surface area (Å²) < 4.78 is 5.26. The van der Waals surface area contributed by atoms with Crippen molar-refractivity contribution in [1.29, 1.82) is 0 Å². The van der Waals surface area contributed by atoms with Crippen LogP contribution in [0, 0.1) is 0 Å². The Balaban J connectivity index is 2.16. The summed E-state index contributed by atoms with van der Waals surface area (Å²) in [6.07, 6.45) is 0. The number of hydrogen-bond donors (Lipinski definition) is 2. The molecular weight excluding hydrogens is 236 g/mol.